The van der Waals surface area contributed by atoms with Crippen molar-refractivity contribution in [3.05, 3.63) is 45.9 Å². The molecule has 1 heterocycles. The molecule has 3 rings (SSSR count). The van der Waals surface area contributed by atoms with Crippen molar-refractivity contribution in [2.45, 2.75) is 39.2 Å². The summed E-state index contributed by atoms with van der Waals surface area (Å²) in [6, 6.07) is 7.95. The van der Waals surface area contributed by atoms with Gasteiger partial charge in [0.15, 0.2) is 5.96 Å². The number of aromatic nitrogens is 1. The fraction of sp³-hybridized carbons (Fsp3) is 0.450. The number of thiazole rings is 1. The first-order valence-electron chi connectivity index (χ1n) is 9.39. The fourth-order valence-corrected chi connectivity index (χ4v) is 3.67. The van der Waals surface area contributed by atoms with E-state index >= 15 is 0 Å². The third-order valence-corrected chi connectivity index (χ3v) is 5.63. The summed E-state index contributed by atoms with van der Waals surface area (Å²) in [6.07, 6.45) is 5.97. The number of nitrogens with one attached hydrogen (secondary N) is 3. The van der Waals surface area contributed by atoms with Gasteiger partial charge in [0.1, 0.15) is 0 Å². The van der Waals surface area contributed by atoms with E-state index in [9.17, 15) is 4.79 Å². The van der Waals surface area contributed by atoms with Crippen LogP contribution in [0.4, 0.5) is 5.69 Å². The van der Waals surface area contributed by atoms with E-state index < -0.39 is 0 Å². The maximum absolute atomic E-state index is 12.1. The standard InChI is InChI=1S/C20H27N5OS/c1-14-12-23-18(27-14)9-10-22-20(21-2)24-13-15-5-3-8-17(11-15)25-19(26)16-6-4-7-16/h3,5,8,11-12,16H,4,6-7,9-10,13H2,1-2H3,(H,25,26)(H2,21,22,24). The van der Waals surface area contributed by atoms with Crippen LogP contribution in [0.25, 0.3) is 0 Å². The number of benzene rings is 1. The second kappa shape index (κ2) is 9.50. The molecule has 1 aliphatic carbocycles. The van der Waals surface area contributed by atoms with E-state index in [0.29, 0.717) is 6.54 Å². The van der Waals surface area contributed by atoms with Gasteiger partial charge in [0.2, 0.25) is 5.91 Å². The van der Waals surface area contributed by atoms with E-state index in [2.05, 4.69) is 32.9 Å². The Morgan fingerprint density at radius 3 is 2.85 bits per heavy atom. The number of nitrogens with zero attached hydrogens (tertiary/aromatic N) is 2. The second-order valence-corrected chi connectivity index (χ2v) is 8.10. The molecule has 0 unspecified atom stereocenters. The normalized spacial score (nSPS) is 14.5. The van der Waals surface area contributed by atoms with Gasteiger partial charge in [-0.3, -0.25) is 9.79 Å². The Labute approximate surface area is 164 Å². The van der Waals surface area contributed by atoms with Crippen LogP contribution in [0.2, 0.25) is 0 Å². The molecule has 0 atom stereocenters. The maximum atomic E-state index is 12.1. The third kappa shape index (κ3) is 5.79. The molecule has 0 saturated heterocycles. The van der Waals surface area contributed by atoms with Gasteiger partial charge in [0.25, 0.3) is 0 Å². The highest BCUT2D eigenvalue weighted by Gasteiger charge is 2.25. The van der Waals surface area contributed by atoms with Crippen molar-refractivity contribution in [1.29, 1.82) is 0 Å². The van der Waals surface area contributed by atoms with Crippen LogP contribution in [-0.4, -0.2) is 30.4 Å². The van der Waals surface area contributed by atoms with E-state index in [1.807, 2.05) is 30.5 Å². The molecule has 1 amide bonds. The molecule has 6 nitrogen and oxygen atoms in total. The molecule has 0 spiro atoms. The number of aryl methyl sites for hydroxylation is 1. The number of aliphatic imine (C=N–C) groups is 1. The number of amides is 1. The highest BCUT2D eigenvalue weighted by molar-refractivity contribution is 7.11. The Hall–Kier alpha value is -2.41. The minimum atomic E-state index is 0.140. The summed E-state index contributed by atoms with van der Waals surface area (Å²) in [5.74, 6) is 1.09. The molecular weight excluding hydrogens is 358 g/mol. The topological polar surface area (TPSA) is 78.4 Å². The smallest absolute Gasteiger partial charge is 0.227 e. The molecule has 1 saturated carbocycles. The van der Waals surface area contributed by atoms with E-state index in [0.717, 1.165) is 54.4 Å². The lowest BCUT2D eigenvalue weighted by molar-refractivity contribution is -0.122. The number of carbonyl (C=O) groups is 1. The van der Waals surface area contributed by atoms with Crippen molar-refractivity contribution in [3.8, 4) is 0 Å². The summed E-state index contributed by atoms with van der Waals surface area (Å²) in [6.45, 7) is 3.49. The van der Waals surface area contributed by atoms with Crippen molar-refractivity contribution in [3.63, 3.8) is 0 Å². The maximum Gasteiger partial charge on any atom is 0.227 e. The Morgan fingerprint density at radius 1 is 1.33 bits per heavy atom. The average Bonchev–Trinajstić information content (AvgIpc) is 3.02. The van der Waals surface area contributed by atoms with Crippen LogP contribution in [0, 0.1) is 12.8 Å². The Balaban J connectivity index is 1.44. The molecule has 27 heavy (non-hydrogen) atoms. The lowest BCUT2D eigenvalue weighted by Gasteiger charge is -2.24. The van der Waals surface area contributed by atoms with Gasteiger partial charge in [-0.2, -0.15) is 0 Å². The second-order valence-electron chi connectivity index (χ2n) is 6.78. The van der Waals surface area contributed by atoms with E-state index in [4.69, 9.17) is 0 Å². The quantitative estimate of drug-likeness (QED) is 0.505. The average molecular weight is 386 g/mol. The predicted molar refractivity (Wildman–Crippen MR) is 111 cm³/mol. The highest BCUT2D eigenvalue weighted by atomic mass is 32.1. The summed E-state index contributed by atoms with van der Waals surface area (Å²) in [5.41, 5.74) is 1.95. The molecule has 3 N–H and O–H groups in total. The number of hydrogen-bond acceptors (Lipinski definition) is 4. The van der Waals surface area contributed by atoms with Crippen molar-refractivity contribution in [2.24, 2.45) is 10.9 Å². The van der Waals surface area contributed by atoms with E-state index in [1.165, 1.54) is 4.88 Å². The van der Waals surface area contributed by atoms with Crippen molar-refractivity contribution in [1.82, 2.24) is 15.6 Å². The van der Waals surface area contributed by atoms with Crippen molar-refractivity contribution < 1.29 is 4.79 Å². The zero-order valence-electron chi connectivity index (χ0n) is 15.9. The number of hydrogen-bond donors (Lipinski definition) is 3. The molecule has 7 heteroatoms. The van der Waals surface area contributed by atoms with Gasteiger partial charge in [0.05, 0.1) is 5.01 Å². The lowest BCUT2D eigenvalue weighted by atomic mass is 9.85. The van der Waals surface area contributed by atoms with Crippen molar-refractivity contribution >= 4 is 28.9 Å². The minimum Gasteiger partial charge on any atom is -0.356 e. The van der Waals surface area contributed by atoms with Gasteiger partial charge in [-0.05, 0) is 37.5 Å². The van der Waals surface area contributed by atoms with Gasteiger partial charge >= 0.3 is 0 Å². The van der Waals surface area contributed by atoms with E-state index in [1.54, 1.807) is 18.4 Å². The molecule has 1 aromatic carbocycles. The third-order valence-electron chi connectivity index (χ3n) is 4.65. The molecule has 144 valence electrons. The SMILES string of the molecule is CN=C(NCCc1ncc(C)s1)NCc1cccc(NC(=O)C2CCC2)c1. The molecular formula is C20H27N5OS. The first-order chi connectivity index (χ1) is 13.1. The van der Waals surface area contributed by atoms with Gasteiger partial charge in [-0.1, -0.05) is 18.6 Å². The Bertz CT molecular complexity index is 797. The van der Waals surface area contributed by atoms with Gasteiger partial charge in [-0.25, -0.2) is 4.98 Å². The molecule has 0 radical (unpaired) electrons. The lowest BCUT2D eigenvalue weighted by Crippen LogP contribution is -2.37. The Morgan fingerprint density at radius 2 is 2.19 bits per heavy atom. The largest absolute Gasteiger partial charge is 0.356 e. The summed E-state index contributed by atoms with van der Waals surface area (Å²) in [4.78, 5) is 22.0. The van der Waals surface area contributed by atoms with Crippen LogP contribution >= 0.6 is 11.3 Å². The number of guanidine groups is 1. The molecule has 0 bridgehead atoms. The molecule has 1 aromatic heterocycles. The predicted octanol–water partition coefficient (Wildman–Crippen LogP) is 3.10. The molecule has 1 aliphatic rings. The first kappa shape index (κ1) is 19.4. The minimum absolute atomic E-state index is 0.140. The van der Waals surface area contributed by atoms with E-state index in [-0.39, 0.29) is 11.8 Å². The zero-order chi connectivity index (χ0) is 19.1. The number of carbonyl (C=O) groups excluding carboxylic acids is 1. The van der Waals surface area contributed by atoms with Crippen LogP contribution in [0.3, 0.4) is 0 Å². The summed E-state index contributed by atoms with van der Waals surface area (Å²) in [7, 11) is 1.76. The molecule has 2 aromatic rings. The van der Waals surface area contributed by atoms with Gasteiger partial charge < -0.3 is 16.0 Å². The monoisotopic (exact) mass is 385 g/mol. The van der Waals surface area contributed by atoms with Gasteiger partial charge in [0, 0.05) is 49.2 Å². The summed E-state index contributed by atoms with van der Waals surface area (Å²) in [5, 5.41) is 10.8. The van der Waals surface area contributed by atoms with Crippen molar-refractivity contribution in [2.75, 3.05) is 18.9 Å². The van der Waals surface area contributed by atoms with Crippen LogP contribution < -0.4 is 16.0 Å². The van der Waals surface area contributed by atoms with Crippen LogP contribution in [0.5, 0.6) is 0 Å². The van der Waals surface area contributed by atoms with Crippen LogP contribution in [0.1, 0.15) is 34.7 Å². The number of anilines is 1. The zero-order valence-corrected chi connectivity index (χ0v) is 16.7. The van der Waals surface area contributed by atoms with Gasteiger partial charge in [-0.15, -0.1) is 11.3 Å². The Kier molecular flexibility index (Phi) is 6.81. The number of rotatable bonds is 7. The summed E-state index contributed by atoms with van der Waals surface area (Å²) >= 11 is 1.73. The molecule has 0 aliphatic heterocycles. The first-order valence-corrected chi connectivity index (χ1v) is 10.2. The van der Waals surface area contributed by atoms with Crippen LogP contribution in [0.15, 0.2) is 35.5 Å². The van der Waals surface area contributed by atoms with Crippen LogP contribution in [-0.2, 0) is 17.8 Å². The highest BCUT2D eigenvalue weighted by Crippen LogP contribution is 2.27. The fourth-order valence-electron chi connectivity index (χ4n) is 2.89. The summed E-state index contributed by atoms with van der Waals surface area (Å²) < 4.78 is 0. The molecule has 1 fully saturated rings.